The largest absolute Gasteiger partial charge is 0.393 e. The van der Waals surface area contributed by atoms with Crippen molar-refractivity contribution in [1.29, 1.82) is 0 Å². The molecule has 6 nitrogen and oxygen atoms in total. The minimum atomic E-state index is -0.859. The molecule has 0 aliphatic heterocycles. The normalized spacial score (nSPS) is 12.0. The van der Waals surface area contributed by atoms with Gasteiger partial charge in [0.1, 0.15) is 11.5 Å². The van der Waals surface area contributed by atoms with Gasteiger partial charge in [0.25, 0.3) is 11.6 Å². The van der Waals surface area contributed by atoms with Crippen molar-refractivity contribution < 1.29 is 14.1 Å². The van der Waals surface area contributed by atoms with Crippen LogP contribution in [0.15, 0.2) is 12.1 Å². The molecule has 0 aliphatic carbocycles. The van der Waals surface area contributed by atoms with E-state index in [1.807, 2.05) is 13.8 Å². The lowest BCUT2D eigenvalue weighted by Gasteiger charge is -2.24. The van der Waals surface area contributed by atoms with E-state index in [1.54, 1.807) is 7.05 Å². The summed E-state index contributed by atoms with van der Waals surface area (Å²) in [4.78, 5) is 23.5. The zero-order valence-electron chi connectivity index (χ0n) is 11.0. The van der Waals surface area contributed by atoms with Gasteiger partial charge < -0.3 is 10.6 Å². The Kier molecular flexibility index (Phi) is 4.42. The standard InChI is InChI=1S/C12H16FN3O3/c1-4-7(2)15(3)12(17)9-5-8(13)6-10(11(9)14)16(18)19/h5-7H,4,14H2,1-3H3. The van der Waals surface area contributed by atoms with Gasteiger partial charge >= 0.3 is 0 Å². The van der Waals surface area contributed by atoms with E-state index in [4.69, 9.17) is 5.73 Å². The molecule has 1 aromatic rings. The van der Waals surface area contributed by atoms with Gasteiger partial charge in [0.05, 0.1) is 16.6 Å². The fourth-order valence-electron chi connectivity index (χ4n) is 1.60. The van der Waals surface area contributed by atoms with E-state index in [0.29, 0.717) is 12.5 Å². The number of anilines is 1. The fourth-order valence-corrected chi connectivity index (χ4v) is 1.60. The lowest BCUT2D eigenvalue weighted by molar-refractivity contribution is -0.384. The van der Waals surface area contributed by atoms with Crippen LogP contribution in [0.3, 0.4) is 0 Å². The minimum absolute atomic E-state index is 0.0748. The molecule has 0 aliphatic rings. The number of amides is 1. The Morgan fingerprint density at radius 1 is 1.58 bits per heavy atom. The first-order valence-electron chi connectivity index (χ1n) is 5.80. The van der Waals surface area contributed by atoms with E-state index in [0.717, 1.165) is 6.07 Å². The van der Waals surface area contributed by atoms with Crippen LogP contribution in [0.4, 0.5) is 15.8 Å². The molecule has 19 heavy (non-hydrogen) atoms. The Morgan fingerprint density at radius 3 is 2.63 bits per heavy atom. The number of benzene rings is 1. The first-order chi connectivity index (χ1) is 8.79. The van der Waals surface area contributed by atoms with E-state index >= 15 is 0 Å². The van der Waals surface area contributed by atoms with Crippen LogP contribution >= 0.6 is 0 Å². The second-order valence-corrected chi connectivity index (χ2v) is 4.32. The van der Waals surface area contributed by atoms with Crippen molar-refractivity contribution in [1.82, 2.24) is 4.90 Å². The second-order valence-electron chi connectivity index (χ2n) is 4.32. The number of nitrogens with zero attached hydrogens (tertiary/aromatic N) is 2. The van der Waals surface area contributed by atoms with E-state index in [2.05, 4.69) is 0 Å². The third-order valence-electron chi connectivity index (χ3n) is 3.12. The smallest absolute Gasteiger partial charge is 0.295 e. The van der Waals surface area contributed by atoms with Crippen LogP contribution in [0, 0.1) is 15.9 Å². The number of carbonyl (C=O) groups is 1. The van der Waals surface area contributed by atoms with E-state index < -0.39 is 22.3 Å². The van der Waals surface area contributed by atoms with E-state index in [-0.39, 0.29) is 17.3 Å². The SMILES string of the molecule is CCC(C)N(C)C(=O)c1cc(F)cc([N+](=O)[O-])c1N. The summed E-state index contributed by atoms with van der Waals surface area (Å²) in [6.45, 7) is 3.72. The highest BCUT2D eigenvalue weighted by molar-refractivity contribution is 6.01. The highest BCUT2D eigenvalue weighted by atomic mass is 19.1. The number of nitrogens with two attached hydrogens (primary N) is 1. The topological polar surface area (TPSA) is 89.5 Å². The molecule has 0 aromatic heterocycles. The number of carbonyl (C=O) groups excluding carboxylic acids is 1. The number of hydrogen-bond acceptors (Lipinski definition) is 4. The van der Waals surface area contributed by atoms with Crippen molar-refractivity contribution in [3.8, 4) is 0 Å². The predicted molar refractivity (Wildman–Crippen MR) is 69.3 cm³/mol. The van der Waals surface area contributed by atoms with Gasteiger partial charge in [0.2, 0.25) is 0 Å². The average molecular weight is 269 g/mol. The van der Waals surface area contributed by atoms with Gasteiger partial charge in [-0.2, -0.15) is 0 Å². The van der Waals surface area contributed by atoms with Crippen LogP contribution in [-0.4, -0.2) is 28.8 Å². The van der Waals surface area contributed by atoms with Crippen LogP contribution in [0.25, 0.3) is 0 Å². The minimum Gasteiger partial charge on any atom is -0.393 e. The molecule has 104 valence electrons. The summed E-state index contributed by atoms with van der Waals surface area (Å²) in [6, 6.07) is 1.55. The fraction of sp³-hybridized carbons (Fsp3) is 0.417. The predicted octanol–water partition coefficient (Wildman–Crippen LogP) is 2.19. The Balaban J connectivity index is 3.27. The third-order valence-corrected chi connectivity index (χ3v) is 3.12. The highest BCUT2D eigenvalue weighted by Gasteiger charge is 2.25. The molecule has 0 saturated heterocycles. The van der Waals surface area contributed by atoms with Gasteiger partial charge in [0, 0.05) is 13.1 Å². The number of rotatable bonds is 4. The molecule has 2 N–H and O–H groups in total. The van der Waals surface area contributed by atoms with Crippen molar-refractivity contribution >= 4 is 17.3 Å². The molecule has 1 atom stereocenters. The van der Waals surface area contributed by atoms with Crippen LogP contribution in [0.2, 0.25) is 0 Å². The van der Waals surface area contributed by atoms with Crippen molar-refractivity contribution in [3.05, 3.63) is 33.6 Å². The summed E-state index contributed by atoms with van der Waals surface area (Å²) in [7, 11) is 1.55. The Hall–Kier alpha value is -2.18. The van der Waals surface area contributed by atoms with Crippen molar-refractivity contribution in [2.24, 2.45) is 0 Å². The van der Waals surface area contributed by atoms with Crippen molar-refractivity contribution in [2.75, 3.05) is 12.8 Å². The molecule has 7 heteroatoms. The number of halogens is 1. The number of hydrogen-bond donors (Lipinski definition) is 1. The number of nitro groups is 1. The van der Waals surface area contributed by atoms with E-state index in [9.17, 15) is 19.3 Å². The number of nitrogen functional groups attached to an aromatic ring is 1. The summed E-state index contributed by atoms with van der Waals surface area (Å²) in [5.41, 5.74) is 4.48. The monoisotopic (exact) mass is 269 g/mol. The van der Waals surface area contributed by atoms with Gasteiger partial charge in [0.15, 0.2) is 0 Å². The first-order valence-corrected chi connectivity index (χ1v) is 5.80. The average Bonchev–Trinajstić information content (AvgIpc) is 2.37. The summed E-state index contributed by atoms with van der Waals surface area (Å²) in [5, 5.41) is 10.7. The van der Waals surface area contributed by atoms with Crippen molar-refractivity contribution in [2.45, 2.75) is 26.3 Å². The maximum atomic E-state index is 13.3. The molecule has 0 radical (unpaired) electrons. The van der Waals surface area contributed by atoms with E-state index in [1.165, 1.54) is 4.90 Å². The zero-order valence-corrected chi connectivity index (χ0v) is 11.0. The molecule has 1 rings (SSSR count). The Morgan fingerprint density at radius 2 is 2.16 bits per heavy atom. The van der Waals surface area contributed by atoms with Gasteiger partial charge in [-0.15, -0.1) is 0 Å². The maximum Gasteiger partial charge on any atom is 0.295 e. The summed E-state index contributed by atoms with van der Waals surface area (Å²) >= 11 is 0. The highest BCUT2D eigenvalue weighted by Crippen LogP contribution is 2.28. The van der Waals surface area contributed by atoms with Crippen LogP contribution in [0.5, 0.6) is 0 Å². The lowest BCUT2D eigenvalue weighted by Crippen LogP contribution is -2.35. The Bertz CT molecular complexity index is 519. The van der Waals surface area contributed by atoms with Crippen LogP contribution in [-0.2, 0) is 0 Å². The molecule has 1 aromatic carbocycles. The van der Waals surface area contributed by atoms with Gasteiger partial charge in [-0.25, -0.2) is 4.39 Å². The first kappa shape index (κ1) is 14.9. The molecule has 0 heterocycles. The third kappa shape index (κ3) is 2.98. The molecular weight excluding hydrogens is 253 g/mol. The molecule has 0 saturated carbocycles. The number of nitro benzene ring substituents is 1. The molecule has 0 fully saturated rings. The van der Waals surface area contributed by atoms with Gasteiger partial charge in [-0.1, -0.05) is 6.92 Å². The Labute approximate surface area is 110 Å². The molecular formula is C12H16FN3O3. The summed E-state index contributed by atoms with van der Waals surface area (Å²) in [5.74, 6) is -1.39. The van der Waals surface area contributed by atoms with Gasteiger partial charge in [-0.3, -0.25) is 14.9 Å². The summed E-state index contributed by atoms with van der Waals surface area (Å²) < 4.78 is 13.3. The second kappa shape index (κ2) is 5.64. The zero-order chi connectivity index (χ0) is 14.7. The quantitative estimate of drug-likeness (QED) is 0.515. The molecule has 0 bridgehead atoms. The van der Waals surface area contributed by atoms with Gasteiger partial charge in [-0.05, 0) is 19.4 Å². The maximum absolute atomic E-state index is 13.3. The molecule has 1 amide bonds. The lowest BCUT2D eigenvalue weighted by atomic mass is 10.1. The van der Waals surface area contributed by atoms with Crippen LogP contribution < -0.4 is 5.73 Å². The van der Waals surface area contributed by atoms with Crippen molar-refractivity contribution in [3.63, 3.8) is 0 Å². The van der Waals surface area contributed by atoms with Crippen LogP contribution in [0.1, 0.15) is 30.6 Å². The molecule has 1 unspecified atom stereocenters. The summed E-state index contributed by atoms with van der Waals surface area (Å²) in [6.07, 6.45) is 0.708. The molecule has 0 spiro atoms.